The molecule has 0 radical (unpaired) electrons. The number of aromatic nitrogens is 3. The molecule has 0 fully saturated rings. The Labute approximate surface area is 125 Å². The lowest BCUT2D eigenvalue weighted by Gasteiger charge is -2.12. The molecule has 6 nitrogen and oxygen atoms in total. The number of carbonyl (C=O) groups is 1. The monoisotopic (exact) mass is 295 g/mol. The van der Waals surface area contributed by atoms with E-state index in [1.165, 1.54) is 6.20 Å². The summed E-state index contributed by atoms with van der Waals surface area (Å²) in [7, 11) is 0. The van der Waals surface area contributed by atoms with E-state index < -0.39 is 12.1 Å². The normalized spacial score (nSPS) is 12.0. The highest BCUT2D eigenvalue weighted by Gasteiger charge is 2.17. The Balaban J connectivity index is 1.88. The molecule has 0 bridgehead atoms. The lowest BCUT2D eigenvalue weighted by Crippen LogP contribution is -2.17. The highest BCUT2D eigenvalue weighted by molar-refractivity contribution is 5.87. The summed E-state index contributed by atoms with van der Waals surface area (Å²) >= 11 is 0. The molecule has 110 valence electrons. The summed E-state index contributed by atoms with van der Waals surface area (Å²) in [6.45, 7) is 1.65. The van der Waals surface area contributed by atoms with Crippen LogP contribution in [0.1, 0.15) is 29.3 Å². The molecule has 0 unspecified atom stereocenters. The van der Waals surface area contributed by atoms with E-state index in [-0.39, 0.29) is 11.3 Å². The maximum Gasteiger partial charge on any atom is 0.357 e. The molecule has 0 saturated heterocycles. The van der Waals surface area contributed by atoms with E-state index in [1.54, 1.807) is 49.4 Å². The van der Waals surface area contributed by atoms with Crippen molar-refractivity contribution in [3.63, 3.8) is 0 Å². The molecule has 0 aliphatic carbocycles. The Morgan fingerprint density at radius 1 is 1.18 bits per heavy atom. The molecule has 3 aromatic rings. The van der Waals surface area contributed by atoms with Crippen molar-refractivity contribution in [1.82, 2.24) is 15.0 Å². The van der Waals surface area contributed by atoms with Gasteiger partial charge in [0, 0.05) is 6.20 Å². The molecule has 2 aromatic heterocycles. The minimum atomic E-state index is -0.688. The van der Waals surface area contributed by atoms with Gasteiger partial charge in [0.2, 0.25) is 0 Å². The molecule has 1 N–H and O–H groups in total. The van der Waals surface area contributed by atoms with Crippen molar-refractivity contribution in [3.05, 3.63) is 70.5 Å². The highest BCUT2D eigenvalue weighted by atomic mass is 16.5. The molecule has 0 spiro atoms. The summed E-state index contributed by atoms with van der Waals surface area (Å²) in [5, 5.41) is 0.495. The van der Waals surface area contributed by atoms with Gasteiger partial charge in [0.1, 0.15) is 5.69 Å². The third kappa shape index (κ3) is 2.71. The maximum absolute atomic E-state index is 12.0. The second kappa shape index (κ2) is 5.77. The number of nitrogens with one attached hydrogen (secondary N) is 1. The number of ether oxygens (including phenoxy) is 1. The van der Waals surface area contributed by atoms with Crippen LogP contribution in [0.4, 0.5) is 0 Å². The summed E-state index contributed by atoms with van der Waals surface area (Å²) in [6, 6.07) is 12.0. The summed E-state index contributed by atoms with van der Waals surface area (Å²) in [6.07, 6.45) is 0.823. The molecule has 6 heteroatoms. The SMILES string of the molecule is C[C@H](OC(=O)c1ccccn1)c1nc2ccccc2c(=O)[nH]1. The molecule has 1 aromatic carbocycles. The minimum absolute atomic E-state index is 0.206. The molecule has 0 saturated carbocycles. The first kappa shape index (κ1) is 13.9. The number of H-pyrrole nitrogens is 1. The number of hydrogen-bond acceptors (Lipinski definition) is 5. The van der Waals surface area contributed by atoms with Crippen LogP contribution in [0.3, 0.4) is 0 Å². The summed E-state index contributed by atoms with van der Waals surface area (Å²) in [5.74, 6) is -0.267. The number of para-hydroxylation sites is 1. The maximum atomic E-state index is 12.0. The molecular formula is C16H13N3O3. The number of nitrogens with zero attached hydrogens (tertiary/aromatic N) is 2. The number of aromatic amines is 1. The number of benzene rings is 1. The van der Waals surface area contributed by atoms with Gasteiger partial charge in [0.05, 0.1) is 10.9 Å². The quantitative estimate of drug-likeness (QED) is 0.749. The molecule has 2 heterocycles. The van der Waals surface area contributed by atoms with E-state index in [4.69, 9.17) is 4.74 Å². The number of esters is 1. The zero-order chi connectivity index (χ0) is 15.5. The number of carbonyl (C=O) groups excluding carboxylic acids is 1. The van der Waals surface area contributed by atoms with Gasteiger partial charge in [0.15, 0.2) is 11.9 Å². The third-order valence-corrected chi connectivity index (χ3v) is 3.17. The first-order chi connectivity index (χ1) is 10.6. The Hall–Kier alpha value is -3.02. The fraction of sp³-hybridized carbons (Fsp3) is 0.125. The molecule has 0 amide bonds. The van der Waals surface area contributed by atoms with Crippen LogP contribution in [-0.4, -0.2) is 20.9 Å². The summed E-state index contributed by atoms with van der Waals surface area (Å²) < 4.78 is 5.29. The van der Waals surface area contributed by atoms with Crippen molar-refractivity contribution in [3.8, 4) is 0 Å². The lowest BCUT2D eigenvalue weighted by atomic mass is 10.2. The van der Waals surface area contributed by atoms with E-state index in [9.17, 15) is 9.59 Å². The Bertz CT molecular complexity index is 874. The average molecular weight is 295 g/mol. The van der Waals surface area contributed by atoms with Gasteiger partial charge in [0.25, 0.3) is 5.56 Å². The van der Waals surface area contributed by atoms with Gasteiger partial charge in [-0.2, -0.15) is 0 Å². The van der Waals surface area contributed by atoms with Gasteiger partial charge >= 0.3 is 5.97 Å². The van der Waals surface area contributed by atoms with Crippen LogP contribution in [0.2, 0.25) is 0 Å². The molecule has 1 atom stereocenters. The molecule has 22 heavy (non-hydrogen) atoms. The van der Waals surface area contributed by atoms with Crippen molar-refractivity contribution >= 4 is 16.9 Å². The van der Waals surface area contributed by atoms with Crippen LogP contribution >= 0.6 is 0 Å². The van der Waals surface area contributed by atoms with E-state index in [0.29, 0.717) is 16.7 Å². The zero-order valence-corrected chi connectivity index (χ0v) is 11.8. The highest BCUT2D eigenvalue weighted by Crippen LogP contribution is 2.15. The Morgan fingerprint density at radius 3 is 2.73 bits per heavy atom. The Kier molecular flexibility index (Phi) is 3.65. The van der Waals surface area contributed by atoms with Crippen molar-refractivity contribution in [2.24, 2.45) is 0 Å². The van der Waals surface area contributed by atoms with Gasteiger partial charge in [-0.3, -0.25) is 4.79 Å². The smallest absolute Gasteiger partial charge is 0.357 e. The standard InChI is InChI=1S/C16H13N3O3/c1-10(22-16(21)13-8-4-5-9-17-13)14-18-12-7-3-2-6-11(12)15(20)19-14/h2-10H,1H3,(H,18,19,20)/t10-/m0/s1. The summed E-state index contributed by atoms with van der Waals surface area (Å²) in [4.78, 5) is 34.9. The van der Waals surface area contributed by atoms with Crippen molar-refractivity contribution in [1.29, 1.82) is 0 Å². The van der Waals surface area contributed by atoms with Crippen LogP contribution in [0, 0.1) is 0 Å². The summed E-state index contributed by atoms with van der Waals surface area (Å²) in [5.41, 5.74) is 0.501. The van der Waals surface area contributed by atoms with Crippen LogP contribution in [0.5, 0.6) is 0 Å². The van der Waals surface area contributed by atoms with Crippen LogP contribution in [0.15, 0.2) is 53.5 Å². The lowest BCUT2D eigenvalue weighted by molar-refractivity contribution is 0.0313. The van der Waals surface area contributed by atoms with Crippen molar-refractivity contribution in [2.45, 2.75) is 13.0 Å². The molecule has 0 aliphatic heterocycles. The molecule has 3 rings (SSSR count). The second-order valence-corrected chi connectivity index (χ2v) is 4.73. The molecule has 0 aliphatic rings. The first-order valence-corrected chi connectivity index (χ1v) is 6.76. The van der Waals surface area contributed by atoms with E-state index in [0.717, 1.165) is 0 Å². The topological polar surface area (TPSA) is 84.9 Å². The van der Waals surface area contributed by atoms with Gasteiger partial charge in [-0.25, -0.2) is 14.8 Å². The third-order valence-electron chi connectivity index (χ3n) is 3.17. The number of hydrogen-bond donors (Lipinski definition) is 1. The van der Waals surface area contributed by atoms with E-state index in [1.807, 2.05) is 0 Å². The fourth-order valence-electron chi connectivity index (χ4n) is 2.06. The second-order valence-electron chi connectivity index (χ2n) is 4.73. The van der Waals surface area contributed by atoms with Crippen LogP contribution in [-0.2, 0) is 4.74 Å². The van der Waals surface area contributed by atoms with Crippen molar-refractivity contribution < 1.29 is 9.53 Å². The van der Waals surface area contributed by atoms with Crippen LogP contribution < -0.4 is 5.56 Å². The minimum Gasteiger partial charge on any atom is -0.450 e. The van der Waals surface area contributed by atoms with Gasteiger partial charge in [-0.1, -0.05) is 18.2 Å². The predicted octanol–water partition coefficient (Wildman–Crippen LogP) is 2.24. The average Bonchev–Trinajstić information content (AvgIpc) is 2.55. The largest absolute Gasteiger partial charge is 0.450 e. The van der Waals surface area contributed by atoms with E-state index in [2.05, 4.69) is 15.0 Å². The van der Waals surface area contributed by atoms with Gasteiger partial charge < -0.3 is 9.72 Å². The Morgan fingerprint density at radius 2 is 1.95 bits per heavy atom. The number of fused-ring (bicyclic) bond motifs is 1. The van der Waals surface area contributed by atoms with Crippen molar-refractivity contribution in [2.75, 3.05) is 0 Å². The zero-order valence-electron chi connectivity index (χ0n) is 11.8. The van der Waals surface area contributed by atoms with E-state index >= 15 is 0 Å². The molecular weight excluding hydrogens is 282 g/mol. The number of rotatable bonds is 3. The predicted molar refractivity (Wildman–Crippen MR) is 80.4 cm³/mol. The van der Waals surface area contributed by atoms with Gasteiger partial charge in [-0.05, 0) is 31.2 Å². The first-order valence-electron chi connectivity index (χ1n) is 6.76. The fourth-order valence-corrected chi connectivity index (χ4v) is 2.06. The number of pyridine rings is 1. The van der Waals surface area contributed by atoms with Gasteiger partial charge in [-0.15, -0.1) is 0 Å². The van der Waals surface area contributed by atoms with Crippen LogP contribution in [0.25, 0.3) is 10.9 Å².